The van der Waals surface area contributed by atoms with Crippen molar-refractivity contribution in [1.82, 2.24) is 4.98 Å². The predicted molar refractivity (Wildman–Crippen MR) is 59.0 cm³/mol. The normalized spacial score (nSPS) is 11.6. The summed E-state index contributed by atoms with van der Waals surface area (Å²) < 4.78 is 69.6. The van der Waals surface area contributed by atoms with E-state index in [1.165, 1.54) is 6.92 Å². The highest BCUT2D eigenvalue weighted by Crippen LogP contribution is 2.31. The van der Waals surface area contributed by atoms with E-state index in [1.54, 1.807) is 4.98 Å². The highest BCUT2D eigenvalue weighted by atomic mass is 19.4. The molecule has 0 fully saturated rings. The Labute approximate surface area is 114 Å². The third kappa shape index (κ3) is 5.04. The van der Waals surface area contributed by atoms with Gasteiger partial charge in [-0.15, -0.1) is 13.2 Å². The fourth-order valence-electron chi connectivity index (χ4n) is 1.44. The van der Waals surface area contributed by atoms with E-state index < -0.39 is 47.7 Å². The maximum absolute atomic E-state index is 12.6. The topological polar surface area (TPSA) is 68.4 Å². The Hall–Kier alpha value is -2.13. The summed E-state index contributed by atoms with van der Waals surface area (Å²) in [6.45, 7) is 1.48. The molecule has 1 N–H and O–H groups in total. The van der Waals surface area contributed by atoms with Crippen LogP contribution in [0.4, 0.5) is 22.0 Å². The number of carbonyl (C=O) groups is 1. The van der Waals surface area contributed by atoms with Gasteiger partial charge in [0.05, 0.1) is 13.0 Å². The average Bonchev–Trinajstić information content (AvgIpc) is 2.31. The predicted octanol–water partition coefficient (Wildman–Crippen LogP) is 2.32. The first-order valence-electron chi connectivity index (χ1n) is 5.59. The Morgan fingerprint density at radius 2 is 2.00 bits per heavy atom. The van der Waals surface area contributed by atoms with E-state index in [-0.39, 0.29) is 6.61 Å². The summed E-state index contributed by atoms with van der Waals surface area (Å²) in [5.41, 5.74) is -2.91. The molecule has 0 saturated carbocycles. The Morgan fingerprint density at radius 1 is 1.38 bits per heavy atom. The first-order chi connectivity index (χ1) is 9.64. The van der Waals surface area contributed by atoms with Crippen molar-refractivity contribution < 1.29 is 36.2 Å². The van der Waals surface area contributed by atoms with Crippen LogP contribution in [-0.4, -0.2) is 23.9 Å². The molecular weight excluding hydrogens is 305 g/mol. The molecule has 5 nitrogen and oxygen atoms in total. The number of carbonyl (C=O) groups excluding carboxylic acids is 1. The first kappa shape index (κ1) is 16.9. The zero-order chi connectivity index (χ0) is 16.2. The van der Waals surface area contributed by atoms with Crippen LogP contribution in [0.25, 0.3) is 0 Å². The minimum absolute atomic E-state index is 0.00222. The van der Waals surface area contributed by atoms with Gasteiger partial charge in [0.25, 0.3) is 12.0 Å². The molecule has 1 rings (SSSR count). The van der Waals surface area contributed by atoms with E-state index in [4.69, 9.17) is 0 Å². The number of pyridine rings is 1. The number of ether oxygens (including phenoxy) is 2. The second kappa shape index (κ2) is 6.55. The van der Waals surface area contributed by atoms with Crippen molar-refractivity contribution in [3.8, 4) is 5.75 Å². The fourth-order valence-corrected chi connectivity index (χ4v) is 1.44. The monoisotopic (exact) mass is 315 g/mol. The quantitative estimate of drug-likeness (QED) is 0.669. The lowest BCUT2D eigenvalue weighted by Gasteiger charge is -2.13. The van der Waals surface area contributed by atoms with E-state index in [1.807, 2.05) is 0 Å². The van der Waals surface area contributed by atoms with Crippen LogP contribution < -0.4 is 10.3 Å². The largest absolute Gasteiger partial charge is 0.573 e. The Balaban J connectivity index is 3.20. The minimum Gasteiger partial charge on any atom is -0.466 e. The summed E-state index contributed by atoms with van der Waals surface area (Å²) in [5.74, 6) is -2.15. The molecule has 0 aliphatic heterocycles. The van der Waals surface area contributed by atoms with Gasteiger partial charge in [-0.1, -0.05) is 0 Å². The SMILES string of the molecule is CCOC(=O)Cc1cc(OC(F)(F)F)c(C(F)F)[nH]c1=O. The van der Waals surface area contributed by atoms with Crippen molar-refractivity contribution in [1.29, 1.82) is 0 Å². The van der Waals surface area contributed by atoms with Gasteiger partial charge in [0.2, 0.25) is 0 Å². The lowest BCUT2D eigenvalue weighted by Crippen LogP contribution is -2.23. The highest BCUT2D eigenvalue weighted by molar-refractivity contribution is 5.72. The summed E-state index contributed by atoms with van der Waals surface area (Å²) in [6.07, 6.45) is -9.27. The standard InChI is InChI=1S/C11H10F5NO4/c1-2-20-7(18)4-5-3-6(21-11(14,15)16)8(9(12)13)17-10(5)19/h3,9H,2,4H2,1H3,(H,17,19). The van der Waals surface area contributed by atoms with Crippen molar-refractivity contribution >= 4 is 5.97 Å². The summed E-state index contributed by atoms with van der Waals surface area (Å²) in [7, 11) is 0. The van der Waals surface area contributed by atoms with Gasteiger partial charge in [-0.25, -0.2) is 8.78 Å². The second-order valence-corrected chi connectivity index (χ2v) is 3.73. The number of nitrogens with one attached hydrogen (secondary N) is 1. The van der Waals surface area contributed by atoms with Crippen LogP contribution in [0.15, 0.2) is 10.9 Å². The van der Waals surface area contributed by atoms with Crippen molar-refractivity contribution in [3.63, 3.8) is 0 Å². The van der Waals surface area contributed by atoms with E-state index in [0.29, 0.717) is 6.07 Å². The number of aromatic nitrogens is 1. The molecule has 0 bridgehead atoms. The molecule has 0 atom stereocenters. The third-order valence-electron chi connectivity index (χ3n) is 2.19. The molecule has 0 amide bonds. The molecule has 21 heavy (non-hydrogen) atoms. The van der Waals surface area contributed by atoms with Gasteiger partial charge in [-0.05, 0) is 13.0 Å². The van der Waals surface area contributed by atoms with E-state index in [0.717, 1.165) is 0 Å². The van der Waals surface area contributed by atoms with Gasteiger partial charge >= 0.3 is 12.3 Å². The number of esters is 1. The number of rotatable bonds is 5. The third-order valence-corrected chi connectivity index (χ3v) is 2.19. The molecule has 0 spiro atoms. The molecule has 10 heteroatoms. The summed E-state index contributed by atoms with van der Waals surface area (Å²) in [6, 6.07) is 0.449. The first-order valence-corrected chi connectivity index (χ1v) is 5.59. The van der Waals surface area contributed by atoms with Gasteiger partial charge in [-0.3, -0.25) is 9.59 Å². The molecule has 1 heterocycles. The highest BCUT2D eigenvalue weighted by Gasteiger charge is 2.34. The van der Waals surface area contributed by atoms with Crippen molar-refractivity contribution in [2.45, 2.75) is 26.1 Å². The minimum atomic E-state index is -5.22. The number of hydrogen-bond donors (Lipinski definition) is 1. The van der Waals surface area contributed by atoms with E-state index >= 15 is 0 Å². The molecule has 0 radical (unpaired) electrons. The van der Waals surface area contributed by atoms with Crippen LogP contribution in [0.1, 0.15) is 24.6 Å². The Kier molecular flexibility index (Phi) is 5.28. The number of halogens is 5. The molecular formula is C11H10F5NO4. The maximum Gasteiger partial charge on any atom is 0.573 e. The summed E-state index contributed by atoms with van der Waals surface area (Å²) in [4.78, 5) is 24.2. The fraction of sp³-hybridized carbons (Fsp3) is 0.455. The molecule has 0 aliphatic carbocycles. The van der Waals surface area contributed by atoms with Crippen LogP contribution in [0.2, 0.25) is 0 Å². The molecule has 0 unspecified atom stereocenters. The summed E-state index contributed by atoms with van der Waals surface area (Å²) in [5, 5.41) is 0. The van der Waals surface area contributed by atoms with Crippen LogP contribution in [-0.2, 0) is 16.0 Å². The van der Waals surface area contributed by atoms with E-state index in [9.17, 15) is 31.5 Å². The lowest BCUT2D eigenvalue weighted by molar-refractivity contribution is -0.275. The van der Waals surface area contributed by atoms with Gasteiger partial charge in [0.15, 0.2) is 5.75 Å². The smallest absolute Gasteiger partial charge is 0.466 e. The average molecular weight is 315 g/mol. The van der Waals surface area contributed by atoms with Crippen LogP contribution in [0.5, 0.6) is 5.75 Å². The zero-order valence-corrected chi connectivity index (χ0v) is 10.6. The summed E-state index contributed by atoms with van der Waals surface area (Å²) >= 11 is 0. The molecule has 1 aromatic rings. The number of alkyl halides is 5. The zero-order valence-electron chi connectivity index (χ0n) is 10.6. The van der Waals surface area contributed by atoms with Gasteiger partial charge < -0.3 is 14.5 Å². The molecule has 118 valence electrons. The number of hydrogen-bond acceptors (Lipinski definition) is 4. The van der Waals surface area contributed by atoms with Crippen molar-refractivity contribution in [2.24, 2.45) is 0 Å². The second-order valence-electron chi connectivity index (χ2n) is 3.73. The van der Waals surface area contributed by atoms with Crippen molar-refractivity contribution in [2.75, 3.05) is 6.61 Å². The maximum atomic E-state index is 12.6. The van der Waals surface area contributed by atoms with Gasteiger partial charge in [0, 0.05) is 5.56 Å². The Morgan fingerprint density at radius 3 is 2.48 bits per heavy atom. The van der Waals surface area contributed by atoms with Crippen LogP contribution in [0.3, 0.4) is 0 Å². The van der Waals surface area contributed by atoms with Crippen molar-refractivity contribution in [3.05, 3.63) is 27.7 Å². The molecule has 0 saturated heterocycles. The number of H-pyrrole nitrogens is 1. The number of aromatic amines is 1. The molecule has 1 aromatic heterocycles. The lowest BCUT2D eigenvalue weighted by atomic mass is 10.2. The Bertz CT molecular complexity index is 567. The van der Waals surface area contributed by atoms with E-state index in [2.05, 4.69) is 9.47 Å². The van der Waals surface area contributed by atoms with Crippen LogP contribution in [0, 0.1) is 0 Å². The molecule has 0 aliphatic rings. The van der Waals surface area contributed by atoms with Gasteiger partial charge in [0.1, 0.15) is 5.69 Å². The van der Waals surface area contributed by atoms with Gasteiger partial charge in [-0.2, -0.15) is 0 Å². The van der Waals surface area contributed by atoms with Crippen LogP contribution >= 0.6 is 0 Å². The molecule has 0 aromatic carbocycles.